The summed E-state index contributed by atoms with van der Waals surface area (Å²) in [6.45, 7) is 3.93. The summed E-state index contributed by atoms with van der Waals surface area (Å²) >= 11 is 0. The number of anilines is 2. The molecule has 0 spiro atoms. The van der Waals surface area contributed by atoms with Gasteiger partial charge in [0.1, 0.15) is 17.5 Å². The number of nitrogen functional groups attached to an aromatic ring is 1. The number of pyridine rings is 1. The number of aromatic nitrogens is 5. The number of fused-ring (bicyclic) bond motifs is 1. The predicted octanol–water partition coefficient (Wildman–Crippen LogP) is 1.84. The van der Waals surface area contributed by atoms with Crippen molar-refractivity contribution in [3.8, 4) is 0 Å². The van der Waals surface area contributed by atoms with Crippen LogP contribution in [0.15, 0.2) is 24.5 Å². The number of hydrogen-bond acceptors (Lipinski definition) is 6. The molecule has 0 radical (unpaired) electrons. The van der Waals surface area contributed by atoms with E-state index >= 15 is 0 Å². The van der Waals surface area contributed by atoms with Crippen molar-refractivity contribution >= 4 is 22.7 Å². The van der Waals surface area contributed by atoms with Gasteiger partial charge in [-0.3, -0.25) is 5.10 Å². The van der Waals surface area contributed by atoms with Crippen molar-refractivity contribution < 1.29 is 0 Å². The lowest BCUT2D eigenvalue weighted by Crippen LogP contribution is -2.24. The molecule has 1 atom stereocenters. The lowest BCUT2D eigenvalue weighted by Gasteiger charge is -2.27. The quantitative estimate of drug-likeness (QED) is 0.761. The first-order valence-electron chi connectivity index (χ1n) is 6.69. The average molecular weight is 283 g/mol. The molecule has 3 rings (SSSR count). The summed E-state index contributed by atoms with van der Waals surface area (Å²) in [5.41, 5.74) is 7.67. The molecule has 0 aliphatic carbocycles. The maximum atomic E-state index is 5.97. The second kappa shape index (κ2) is 5.01. The van der Waals surface area contributed by atoms with Gasteiger partial charge in [0, 0.05) is 18.8 Å². The van der Waals surface area contributed by atoms with Crippen molar-refractivity contribution in [3.05, 3.63) is 35.9 Å². The van der Waals surface area contributed by atoms with E-state index in [1.165, 1.54) is 0 Å². The Morgan fingerprint density at radius 1 is 1.33 bits per heavy atom. The van der Waals surface area contributed by atoms with Gasteiger partial charge >= 0.3 is 0 Å². The van der Waals surface area contributed by atoms with Crippen molar-refractivity contribution in [2.45, 2.75) is 19.9 Å². The summed E-state index contributed by atoms with van der Waals surface area (Å²) in [5, 5.41) is 7.81. The Balaban J connectivity index is 2.06. The van der Waals surface area contributed by atoms with Gasteiger partial charge < -0.3 is 10.6 Å². The number of nitrogens with one attached hydrogen (secondary N) is 1. The van der Waals surface area contributed by atoms with Crippen LogP contribution in [0, 0.1) is 6.92 Å². The molecule has 0 aromatic carbocycles. The van der Waals surface area contributed by atoms with E-state index in [1.54, 1.807) is 12.4 Å². The van der Waals surface area contributed by atoms with Gasteiger partial charge in [-0.2, -0.15) is 5.10 Å². The number of nitrogens with two attached hydrogens (primary N) is 1. The SMILES string of the molecule is Cc1nc(N(C)C(C)c2cccnc2N)c2cn[nH]c2n1. The Morgan fingerprint density at radius 3 is 2.90 bits per heavy atom. The molecule has 21 heavy (non-hydrogen) atoms. The second-order valence-electron chi connectivity index (χ2n) is 4.99. The Morgan fingerprint density at radius 2 is 2.14 bits per heavy atom. The van der Waals surface area contributed by atoms with E-state index in [2.05, 4.69) is 37.0 Å². The van der Waals surface area contributed by atoms with E-state index in [-0.39, 0.29) is 6.04 Å². The molecule has 7 heteroatoms. The monoisotopic (exact) mass is 283 g/mol. The first-order valence-corrected chi connectivity index (χ1v) is 6.69. The Hall–Kier alpha value is -2.70. The lowest BCUT2D eigenvalue weighted by atomic mass is 10.1. The largest absolute Gasteiger partial charge is 0.383 e. The van der Waals surface area contributed by atoms with Crippen molar-refractivity contribution in [2.24, 2.45) is 0 Å². The molecule has 0 saturated heterocycles. The molecule has 3 aromatic heterocycles. The molecular formula is C14H17N7. The summed E-state index contributed by atoms with van der Waals surface area (Å²) < 4.78 is 0. The zero-order valence-electron chi connectivity index (χ0n) is 12.2. The number of aromatic amines is 1. The van der Waals surface area contributed by atoms with Crippen molar-refractivity contribution in [2.75, 3.05) is 17.7 Å². The minimum atomic E-state index is 0.0334. The molecule has 1 unspecified atom stereocenters. The lowest BCUT2D eigenvalue weighted by molar-refractivity contribution is 0.728. The van der Waals surface area contributed by atoms with Gasteiger partial charge in [-0.1, -0.05) is 6.07 Å². The highest BCUT2D eigenvalue weighted by Crippen LogP contribution is 2.30. The van der Waals surface area contributed by atoms with Crippen LogP contribution in [0.4, 0.5) is 11.6 Å². The van der Waals surface area contributed by atoms with Gasteiger partial charge in [0.25, 0.3) is 0 Å². The first-order chi connectivity index (χ1) is 10.1. The highest BCUT2D eigenvalue weighted by atomic mass is 15.2. The van der Waals surface area contributed by atoms with Crippen molar-refractivity contribution in [1.82, 2.24) is 25.1 Å². The Bertz CT molecular complexity index is 780. The van der Waals surface area contributed by atoms with E-state index in [9.17, 15) is 0 Å². The third-order valence-corrected chi connectivity index (χ3v) is 3.64. The Kier molecular flexibility index (Phi) is 3.17. The van der Waals surface area contributed by atoms with E-state index in [1.807, 2.05) is 26.1 Å². The maximum absolute atomic E-state index is 5.97. The summed E-state index contributed by atoms with van der Waals surface area (Å²) in [6, 6.07) is 3.89. The normalized spacial score (nSPS) is 12.5. The summed E-state index contributed by atoms with van der Waals surface area (Å²) in [7, 11) is 1.98. The Labute approximate surface area is 122 Å². The minimum Gasteiger partial charge on any atom is -0.383 e. The third kappa shape index (κ3) is 2.26. The average Bonchev–Trinajstić information content (AvgIpc) is 2.93. The van der Waals surface area contributed by atoms with E-state index in [0.29, 0.717) is 11.6 Å². The maximum Gasteiger partial charge on any atom is 0.161 e. The summed E-state index contributed by atoms with van der Waals surface area (Å²) in [6.07, 6.45) is 3.43. The topological polar surface area (TPSA) is 96.6 Å². The second-order valence-corrected chi connectivity index (χ2v) is 4.99. The van der Waals surface area contributed by atoms with Crippen LogP contribution in [-0.4, -0.2) is 32.2 Å². The zero-order chi connectivity index (χ0) is 15.0. The van der Waals surface area contributed by atoms with E-state index in [4.69, 9.17) is 5.73 Å². The molecule has 0 aliphatic heterocycles. The molecule has 7 nitrogen and oxygen atoms in total. The van der Waals surface area contributed by atoms with E-state index < -0.39 is 0 Å². The van der Waals surface area contributed by atoms with Crippen molar-refractivity contribution in [1.29, 1.82) is 0 Å². The summed E-state index contributed by atoms with van der Waals surface area (Å²) in [5.74, 6) is 2.05. The van der Waals surface area contributed by atoms with Crippen LogP contribution in [0.2, 0.25) is 0 Å². The van der Waals surface area contributed by atoms with Crippen LogP contribution in [0.1, 0.15) is 24.4 Å². The first kappa shape index (κ1) is 13.3. The third-order valence-electron chi connectivity index (χ3n) is 3.64. The number of hydrogen-bond donors (Lipinski definition) is 2. The van der Waals surface area contributed by atoms with Crippen LogP contribution in [-0.2, 0) is 0 Å². The van der Waals surface area contributed by atoms with Gasteiger partial charge in [-0.15, -0.1) is 0 Å². The fourth-order valence-corrected chi connectivity index (χ4v) is 2.37. The number of H-pyrrole nitrogens is 1. The molecule has 3 heterocycles. The van der Waals surface area contributed by atoms with E-state index in [0.717, 1.165) is 22.4 Å². The van der Waals surface area contributed by atoms with Crippen LogP contribution in [0.25, 0.3) is 11.0 Å². The number of aryl methyl sites for hydroxylation is 1. The van der Waals surface area contributed by atoms with Crippen LogP contribution in [0.3, 0.4) is 0 Å². The zero-order valence-corrected chi connectivity index (χ0v) is 12.2. The molecule has 108 valence electrons. The van der Waals surface area contributed by atoms with Crippen LogP contribution >= 0.6 is 0 Å². The molecular weight excluding hydrogens is 266 g/mol. The molecule has 0 saturated carbocycles. The molecule has 0 amide bonds. The van der Waals surface area contributed by atoms with Crippen molar-refractivity contribution in [3.63, 3.8) is 0 Å². The summed E-state index contributed by atoms with van der Waals surface area (Å²) in [4.78, 5) is 15.1. The van der Waals surface area contributed by atoms with Gasteiger partial charge in [0.2, 0.25) is 0 Å². The smallest absolute Gasteiger partial charge is 0.161 e. The van der Waals surface area contributed by atoms with Crippen LogP contribution < -0.4 is 10.6 Å². The fourth-order valence-electron chi connectivity index (χ4n) is 2.37. The molecule has 0 aliphatic rings. The van der Waals surface area contributed by atoms with Gasteiger partial charge in [-0.05, 0) is 19.9 Å². The molecule has 0 bridgehead atoms. The molecule has 3 aromatic rings. The minimum absolute atomic E-state index is 0.0334. The number of rotatable bonds is 3. The number of nitrogens with zero attached hydrogens (tertiary/aromatic N) is 5. The fraction of sp³-hybridized carbons (Fsp3) is 0.286. The highest BCUT2D eigenvalue weighted by molar-refractivity contribution is 5.86. The molecule has 3 N–H and O–H groups in total. The highest BCUT2D eigenvalue weighted by Gasteiger charge is 2.19. The van der Waals surface area contributed by atoms with Gasteiger partial charge in [0.15, 0.2) is 5.65 Å². The molecule has 0 fully saturated rings. The van der Waals surface area contributed by atoms with Gasteiger partial charge in [0.05, 0.1) is 17.6 Å². The van der Waals surface area contributed by atoms with Crippen LogP contribution in [0.5, 0.6) is 0 Å². The standard InChI is InChI=1S/C14H17N7/c1-8(10-5-4-6-16-12(10)15)21(3)14-11-7-17-20-13(11)18-9(2)19-14/h4-8H,1-3H3,(H2,15,16)(H,17,18,19,20). The van der Waals surface area contributed by atoms with Gasteiger partial charge in [-0.25, -0.2) is 15.0 Å². The predicted molar refractivity (Wildman–Crippen MR) is 81.9 cm³/mol.